The summed E-state index contributed by atoms with van der Waals surface area (Å²) in [7, 11) is 1.63. The Morgan fingerprint density at radius 2 is 1.94 bits per heavy atom. The number of para-hydroxylation sites is 1. The molecule has 0 saturated heterocycles. The van der Waals surface area contributed by atoms with Crippen molar-refractivity contribution in [3.63, 3.8) is 0 Å². The number of hydrogen-bond donors (Lipinski definition) is 1. The van der Waals surface area contributed by atoms with Gasteiger partial charge in [0.15, 0.2) is 6.61 Å². The maximum Gasteiger partial charge on any atom is 0.339 e. The van der Waals surface area contributed by atoms with E-state index in [4.69, 9.17) is 19.7 Å². The molecule has 1 aliphatic carbocycles. The van der Waals surface area contributed by atoms with Crippen molar-refractivity contribution in [1.29, 1.82) is 5.26 Å². The predicted molar refractivity (Wildman–Crippen MR) is 124 cm³/mol. The number of benzene rings is 2. The minimum atomic E-state index is -0.550. The fourth-order valence-electron chi connectivity index (χ4n) is 3.93. The van der Waals surface area contributed by atoms with Crippen molar-refractivity contribution < 1.29 is 19.1 Å². The van der Waals surface area contributed by atoms with Crippen LogP contribution in [0.1, 0.15) is 40.0 Å². The van der Waals surface area contributed by atoms with E-state index in [2.05, 4.69) is 11.4 Å². The lowest BCUT2D eigenvalue weighted by atomic mass is 10.0. The van der Waals surface area contributed by atoms with Crippen LogP contribution in [0.25, 0.3) is 22.6 Å². The number of esters is 1. The van der Waals surface area contributed by atoms with E-state index in [1.807, 2.05) is 54.6 Å². The second kappa shape index (κ2) is 9.96. The number of allylic oxidation sites excluding steroid dienone is 1. The van der Waals surface area contributed by atoms with Crippen molar-refractivity contribution in [2.45, 2.75) is 19.3 Å². The molecule has 3 aromatic rings. The van der Waals surface area contributed by atoms with E-state index in [1.165, 1.54) is 0 Å². The van der Waals surface area contributed by atoms with Crippen molar-refractivity contribution in [2.24, 2.45) is 0 Å². The highest BCUT2D eigenvalue weighted by atomic mass is 16.5. The molecule has 0 radical (unpaired) electrons. The number of ether oxygens (including phenoxy) is 2. The summed E-state index contributed by atoms with van der Waals surface area (Å²) in [6, 6.07) is 17.1. The summed E-state index contributed by atoms with van der Waals surface area (Å²) in [5.74, 6) is -0.200. The third kappa shape index (κ3) is 4.85. The van der Waals surface area contributed by atoms with Gasteiger partial charge in [0.05, 0.1) is 36.4 Å². The molecule has 0 atom stereocenters. The van der Waals surface area contributed by atoms with Crippen LogP contribution in [0.4, 0.5) is 0 Å². The van der Waals surface area contributed by atoms with Gasteiger partial charge in [0.1, 0.15) is 5.75 Å². The third-order valence-corrected chi connectivity index (χ3v) is 5.50. The van der Waals surface area contributed by atoms with Gasteiger partial charge in [-0.1, -0.05) is 30.3 Å². The lowest BCUT2D eigenvalue weighted by molar-refractivity contribution is -0.124. The number of aromatic nitrogens is 1. The van der Waals surface area contributed by atoms with Crippen LogP contribution in [0.15, 0.2) is 48.5 Å². The number of nitrogens with one attached hydrogen (secondary N) is 1. The third-order valence-electron chi connectivity index (χ3n) is 5.50. The van der Waals surface area contributed by atoms with Gasteiger partial charge >= 0.3 is 5.97 Å². The first-order valence-corrected chi connectivity index (χ1v) is 10.7. The minimum Gasteiger partial charge on any atom is -0.497 e. The van der Waals surface area contributed by atoms with Crippen molar-refractivity contribution in [1.82, 2.24) is 10.3 Å². The largest absolute Gasteiger partial charge is 0.497 e. The highest BCUT2D eigenvalue weighted by Crippen LogP contribution is 2.37. The van der Waals surface area contributed by atoms with Crippen LogP contribution in [0.5, 0.6) is 5.75 Å². The van der Waals surface area contributed by atoms with Gasteiger partial charge in [0.25, 0.3) is 5.91 Å². The molecule has 0 bridgehead atoms. The Kier molecular flexibility index (Phi) is 6.65. The number of amides is 1. The molecule has 33 heavy (non-hydrogen) atoms. The van der Waals surface area contributed by atoms with E-state index in [1.54, 1.807) is 7.11 Å². The fourth-order valence-corrected chi connectivity index (χ4v) is 3.93. The van der Waals surface area contributed by atoms with Crippen molar-refractivity contribution >= 4 is 34.4 Å². The average Bonchev–Trinajstić information content (AvgIpc) is 3.23. The zero-order valence-corrected chi connectivity index (χ0v) is 18.3. The van der Waals surface area contributed by atoms with E-state index >= 15 is 0 Å². The Balaban J connectivity index is 1.65. The zero-order valence-electron chi connectivity index (χ0n) is 18.3. The summed E-state index contributed by atoms with van der Waals surface area (Å²) < 4.78 is 10.6. The van der Waals surface area contributed by atoms with Crippen LogP contribution in [0.2, 0.25) is 0 Å². The normalized spacial score (nSPS) is 13.4. The minimum absolute atomic E-state index is 0.200. The number of rotatable bonds is 7. The van der Waals surface area contributed by atoms with Crippen LogP contribution < -0.4 is 10.1 Å². The second-order valence-corrected chi connectivity index (χ2v) is 7.61. The smallest absolute Gasteiger partial charge is 0.339 e. The average molecular weight is 441 g/mol. The van der Waals surface area contributed by atoms with Crippen LogP contribution >= 0.6 is 0 Å². The summed E-state index contributed by atoms with van der Waals surface area (Å²) in [5.41, 5.74) is 4.84. The molecule has 7 heteroatoms. The van der Waals surface area contributed by atoms with Crippen molar-refractivity contribution in [3.8, 4) is 11.8 Å². The van der Waals surface area contributed by atoms with Gasteiger partial charge in [-0.15, -0.1) is 0 Å². The first-order chi connectivity index (χ1) is 16.1. The van der Waals surface area contributed by atoms with Crippen molar-refractivity contribution in [3.05, 3.63) is 70.9 Å². The van der Waals surface area contributed by atoms with Crippen LogP contribution in [-0.4, -0.2) is 37.1 Å². The molecule has 166 valence electrons. The molecule has 0 unspecified atom stereocenters. The van der Waals surface area contributed by atoms with Gasteiger partial charge in [-0.05, 0) is 53.8 Å². The topological polar surface area (TPSA) is 101 Å². The summed E-state index contributed by atoms with van der Waals surface area (Å²) in [5, 5.41) is 11.8. The number of nitrogens with zero attached hydrogens (tertiary/aromatic N) is 2. The Hall–Kier alpha value is -4.18. The van der Waals surface area contributed by atoms with Gasteiger partial charge in [0.2, 0.25) is 0 Å². The molecule has 1 aliphatic rings. The molecule has 0 saturated carbocycles. The molecule has 4 rings (SSSR count). The number of carbonyl (C=O) groups is 2. The molecule has 0 aliphatic heterocycles. The number of carbonyl (C=O) groups excluding carboxylic acids is 2. The van der Waals surface area contributed by atoms with Crippen LogP contribution in [-0.2, 0) is 16.0 Å². The van der Waals surface area contributed by atoms with E-state index in [9.17, 15) is 9.59 Å². The van der Waals surface area contributed by atoms with E-state index in [-0.39, 0.29) is 13.0 Å². The number of hydrogen-bond acceptors (Lipinski definition) is 6. The molecular formula is C26H23N3O4. The predicted octanol–water partition coefficient (Wildman–Crippen LogP) is 3.92. The molecular weight excluding hydrogens is 418 g/mol. The number of pyridine rings is 1. The molecule has 2 aromatic carbocycles. The summed E-state index contributed by atoms with van der Waals surface area (Å²) in [6.45, 7) is -0.176. The fraction of sp³-hybridized carbons (Fsp3) is 0.231. The first kappa shape index (κ1) is 22.0. The van der Waals surface area contributed by atoms with Crippen molar-refractivity contribution in [2.75, 3.05) is 20.3 Å². The molecule has 7 nitrogen and oxygen atoms in total. The van der Waals surface area contributed by atoms with Gasteiger partial charge in [0, 0.05) is 11.9 Å². The van der Waals surface area contributed by atoms with Crippen LogP contribution in [0.3, 0.4) is 0 Å². The Morgan fingerprint density at radius 1 is 1.15 bits per heavy atom. The molecule has 1 amide bonds. The molecule has 0 spiro atoms. The zero-order chi connectivity index (χ0) is 23.2. The standard InChI is InChI=1S/C26H23N3O4/c1-32-19-10-7-17(8-11-19)15-18-9-12-21-24(20-5-2-3-6-22(20)29-25(18)21)26(31)33-16-23(30)28-14-4-13-27/h2-3,5-8,10-11,15H,4,9,12,14,16H2,1H3,(H,28,30)/b18-15+. The second-order valence-electron chi connectivity index (χ2n) is 7.61. The Labute approximate surface area is 191 Å². The maximum atomic E-state index is 13.1. The Morgan fingerprint density at radius 3 is 2.70 bits per heavy atom. The summed E-state index contributed by atoms with van der Waals surface area (Å²) in [6.07, 6.45) is 3.68. The number of methoxy groups -OCH3 is 1. The van der Waals surface area contributed by atoms with E-state index < -0.39 is 18.5 Å². The lowest BCUT2D eigenvalue weighted by Crippen LogP contribution is -2.29. The molecule has 1 aromatic heterocycles. The molecule has 1 N–H and O–H groups in total. The number of nitriles is 1. The highest BCUT2D eigenvalue weighted by molar-refractivity contribution is 6.07. The quantitative estimate of drug-likeness (QED) is 0.441. The first-order valence-electron chi connectivity index (χ1n) is 10.7. The molecule has 1 heterocycles. The van der Waals surface area contributed by atoms with Gasteiger partial charge < -0.3 is 14.8 Å². The maximum absolute atomic E-state index is 13.1. The van der Waals surface area contributed by atoms with E-state index in [0.29, 0.717) is 22.9 Å². The Bertz CT molecular complexity index is 1270. The monoisotopic (exact) mass is 441 g/mol. The summed E-state index contributed by atoms with van der Waals surface area (Å²) >= 11 is 0. The number of fused-ring (bicyclic) bond motifs is 2. The lowest BCUT2D eigenvalue weighted by Gasteiger charge is -2.12. The van der Waals surface area contributed by atoms with Crippen LogP contribution in [0, 0.1) is 11.3 Å². The SMILES string of the molecule is COc1ccc(/C=C2\CCc3c2nc2ccccc2c3C(=O)OCC(=O)NCCC#N)cc1. The van der Waals surface area contributed by atoms with Gasteiger partial charge in [-0.3, -0.25) is 4.79 Å². The van der Waals surface area contributed by atoms with Gasteiger partial charge in [-0.25, -0.2) is 9.78 Å². The molecule has 0 fully saturated rings. The summed E-state index contributed by atoms with van der Waals surface area (Å²) in [4.78, 5) is 29.8. The van der Waals surface area contributed by atoms with E-state index in [0.717, 1.165) is 34.6 Å². The highest BCUT2D eigenvalue weighted by Gasteiger charge is 2.27. The van der Waals surface area contributed by atoms with Gasteiger partial charge in [-0.2, -0.15) is 5.26 Å².